The van der Waals surface area contributed by atoms with E-state index in [1.165, 1.54) is 7.11 Å². The van der Waals surface area contributed by atoms with E-state index in [1.54, 1.807) is 23.9 Å². The highest BCUT2D eigenvalue weighted by atomic mass is 32.2. The van der Waals surface area contributed by atoms with Crippen molar-refractivity contribution < 1.29 is 14.3 Å². The molecule has 2 atom stereocenters. The minimum atomic E-state index is -0.373. The first-order valence-corrected chi connectivity index (χ1v) is 10.2. The Morgan fingerprint density at radius 1 is 0.931 bits per heavy atom. The van der Waals surface area contributed by atoms with Crippen molar-refractivity contribution in [1.82, 2.24) is 0 Å². The Labute approximate surface area is 172 Å². The molecule has 0 fully saturated rings. The lowest BCUT2D eigenvalue weighted by Gasteiger charge is -2.21. The number of ketones is 1. The number of aliphatic imine (C=N–C) groups is 1. The zero-order valence-electron chi connectivity index (χ0n) is 15.7. The Morgan fingerprint density at radius 3 is 2.38 bits per heavy atom. The second-order valence-corrected chi connectivity index (χ2v) is 8.19. The van der Waals surface area contributed by atoms with E-state index >= 15 is 0 Å². The van der Waals surface area contributed by atoms with Gasteiger partial charge in [0.1, 0.15) is 0 Å². The lowest BCUT2D eigenvalue weighted by atomic mass is 9.93. The molecule has 29 heavy (non-hydrogen) atoms. The normalized spacial score (nSPS) is 19.5. The molecule has 3 aromatic carbocycles. The molecule has 0 bridgehead atoms. The summed E-state index contributed by atoms with van der Waals surface area (Å²) in [6.07, 6.45) is 0. The quantitative estimate of drug-likeness (QED) is 0.552. The van der Waals surface area contributed by atoms with Crippen molar-refractivity contribution in [3.05, 3.63) is 95.1 Å². The van der Waals surface area contributed by atoms with Crippen LogP contribution in [-0.2, 0) is 4.74 Å². The number of ether oxygens (including phenoxy) is 1. The molecule has 0 radical (unpaired) electrons. The first-order chi connectivity index (χ1) is 14.2. The van der Waals surface area contributed by atoms with Gasteiger partial charge in [0.05, 0.1) is 35.2 Å². The Morgan fingerprint density at radius 2 is 1.62 bits per heavy atom. The molecule has 0 saturated heterocycles. The molecule has 0 amide bonds. The van der Waals surface area contributed by atoms with Gasteiger partial charge in [0.2, 0.25) is 0 Å². The van der Waals surface area contributed by atoms with Gasteiger partial charge in [-0.15, -0.1) is 11.8 Å². The second kappa shape index (κ2) is 7.01. The number of carbonyl (C=O) groups is 2. The third-order valence-electron chi connectivity index (χ3n) is 5.37. The third kappa shape index (κ3) is 2.89. The Balaban J connectivity index is 1.66. The zero-order valence-corrected chi connectivity index (χ0v) is 16.5. The SMILES string of the molecule is COC(=O)c1ccc([C@@H]2Sc3ccccc3N=C3c4ccccc4C(=O)[C@H]32)cc1. The van der Waals surface area contributed by atoms with E-state index in [0.717, 1.165) is 33.0 Å². The molecule has 5 heteroatoms. The van der Waals surface area contributed by atoms with Crippen molar-refractivity contribution in [2.24, 2.45) is 10.9 Å². The number of carbonyl (C=O) groups excluding carboxylic acids is 2. The molecular weight excluding hydrogens is 382 g/mol. The summed E-state index contributed by atoms with van der Waals surface area (Å²) in [6, 6.07) is 23.0. The number of benzene rings is 3. The number of thioether (sulfide) groups is 1. The molecule has 0 unspecified atom stereocenters. The van der Waals surface area contributed by atoms with Crippen LogP contribution in [0.4, 0.5) is 5.69 Å². The molecule has 0 aromatic heterocycles. The van der Waals surface area contributed by atoms with E-state index in [0.29, 0.717) is 5.56 Å². The highest BCUT2D eigenvalue weighted by Gasteiger charge is 2.44. The van der Waals surface area contributed by atoms with Crippen LogP contribution in [0.15, 0.2) is 82.7 Å². The highest BCUT2D eigenvalue weighted by Crippen LogP contribution is 2.51. The average molecular weight is 399 g/mol. The van der Waals surface area contributed by atoms with Crippen molar-refractivity contribution in [3.8, 4) is 0 Å². The fourth-order valence-electron chi connectivity index (χ4n) is 3.96. The maximum absolute atomic E-state index is 13.4. The van der Waals surface area contributed by atoms with Crippen LogP contribution in [0.2, 0.25) is 0 Å². The lowest BCUT2D eigenvalue weighted by Crippen LogP contribution is -2.22. The molecule has 0 spiro atoms. The van der Waals surface area contributed by atoms with Gasteiger partial charge < -0.3 is 4.74 Å². The molecule has 1 aliphatic heterocycles. The third-order valence-corrected chi connectivity index (χ3v) is 6.77. The number of nitrogens with zero attached hydrogens (tertiary/aromatic N) is 1. The Kier molecular flexibility index (Phi) is 4.32. The summed E-state index contributed by atoms with van der Waals surface area (Å²) in [5.74, 6) is -0.641. The first-order valence-electron chi connectivity index (χ1n) is 9.33. The van der Waals surface area contributed by atoms with E-state index in [9.17, 15) is 9.59 Å². The zero-order chi connectivity index (χ0) is 20.0. The molecule has 2 aliphatic rings. The first kappa shape index (κ1) is 17.9. The summed E-state index contributed by atoms with van der Waals surface area (Å²) in [5.41, 5.74) is 4.83. The van der Waals surface area contributed by atoms with Crippen LogP contribution in [0, 0.1) is 5.92 Å². The summed E-state index contributed by atoms with van der Waals surface area (Å²) in [5, 5.41) is -0.135. The maximum Gasteiger partial charge on any atom is 0.337 e. The molecule has 142 valence electrons. The number of Topliss-reactive ketones (excluding diaryl/α,β-unsaturated/α-hetero) is 1. The minimum absolute atomic E-state index is 0.0988. The van der Waals surface area contributed by atoms with Gasteiger partial charge in [-0.25, -0.2) is 4.79 Å². The maximum atomic E-state index is 13.4. The van der Waals surface area contributed by atoms with Gasteiger partial charge in [-0.3, -0.25) is 9.79 Å². The van der Waals surface area contributed by atoms with E-state index in [1.807, 2.05) is 60.7 Å². The molecule has 0 N–H and O–H groups in total. The Bertz CT molecular complexity index is 1170. The van der Waals surface area contributed by atoms with Crippen molar-refractivity contribution in [1.29, 1.82) is 0 Å². The van der Waals surface area contributed by atoms with Gasteiger partial charge >= 0.3 is 5.97 Å². The lowest BCUT2D eigenvalue weighted by molar-refractivity contribution is 0.0600. The van der Waals surface area contributed by atoms with Crippen LogP contribution in [0.1, 0.15) is 37.1 Å². The predicted molar refractivity (Wildman–Crippen MR) is 113 cm³/mol. The monoisotopic (exact) mass is 399 g/mol. The fourth-order valence-corrected chi connectivity index (χ4v) is 5.31. The number of hydrogen-bond donors (Lipinski definition) is 0. The standard InChI is InChI=1S/C24H17NO3S/c1-28-24(27)15-12-10-14(11-13-15)23-20-21(16-6-2-3-7-17(16)22(20)26)25-18-8-4-5-9-19(18)29-23/h2-13,20,23H,1H3/t20-,23-/m0/s1. The van der Waals surface area contributed by atoms with Crippen molar-refractivity contribution in [2.45, 2.75) is 10.1 Å². The van der Waals surface area contributed by atoms with E-state index in [4.69, 9.17) is 9.73 Å². The largest absolute Gasteiger partial charge is 0.465 e. The minimum Gasteiger partial charge on any atom is -0.465 e. The Hall–Kier alpha value is -3.18. The number of hydrogen-bond acceptors (Lipinski definition) is 5. The number of fused-ring (bicyclic) bond motifs is 4. The van der Waals surface area contributed by atoms with Crippen LogP contribution in [0.5, 0.6) is 0 Å². The number of methoxy groups -OCH3 is 1. The smallest absolute Gasteiger partial charge is 0.337 e. The van der Waals surface area contributed by atoms with Gasteiger partial charge in [-0.2, -0.15) is 0 Å². The highest BCUT2D eigenvalue weighted by molar-refractivity contribution is 7.99. The van der Waals surface area contributed by atoms with Gasteiger partial charge in [0, 0.05) is 16.0 Å². The van der Waals surface area contributed by atoms with E-state index in [2.05, 4.69) is 0 Å². The van der Waals surface area contributed by atoms with Crippen LogP contribution in [0.3, 0.4) is 0 Å². The molecule has 1 heterocycles. The van der Waals surface area contributed by atoms with Crippen LogP contribution >= 0.6 is 11.8 Å². The molecule has 3 aromatic rings. The van der Waals surface area contributed by atoms with Gasteiger partial charge in [-0.05, 0) is 29.8 Å². The van der Waals surface area contributed by atoms with Gasteiger partial charge in [0.25, 0.3) is 0 Å². The summed E-state index contributed by atoms with van der Waals surface area (Å²) in [7, 11) is 1.37. The summed E-state index contributed by atoms with van der Waals surface area (Å²) < 4.78 is 4.80. The summed E-state index contributed by atoms with van der Waals surface area (Å²) in [4.78, 5) is 31.1. The van der Waals surface area contributed by atoms with E-state index < -0.39 is 0 Å². The van der Waals surface area contributed by atoms with Gasteiger partial charge in [0.15, 0.2) is 5.78 Å². The van der Waals surface area contributed by atoms with Gasteiger partial charge in [-0.1, -0.05) is 48.5 Å². The summed E-state index contributed by atoms with van der Waals surface area (Å²) in [6.45, 7) is 0. The molecule has 1 aliphatic carbocycles. The van der Waals surface area contributed by atoms with Crippen LogP contribution in [0.25, 0.3) is 0 Å². The molecule has 0 saturated carbocycles. The topological polar surface area (TPSA) is 55.7 Å². The number of para-hydroxylation sites is 1. The molecule has 4 nitrogen and oxygen atoms in total. The van der Waals surface area contributed by atoms with Crippen LogP contribution in [-0.4, -0.2) is 24.6 Å². The fraction of sp³-hybridized carbons (Fsp3) is 0.125. The van der Waals surface area contributed by atoms with Crippen LogP contribution < -0.4 is 0 Å². The molecule has 5 rings (SSSR count). The summed E-state index contributed by atoms with van der Waals surface area (Å²) >= 11 is 1.65. The average Bonchev–Trinajstić information content (AvgIpc) is 2.94. The van der Waals surface area contributed by atoms with Crippen molar-refractivity contribution in [3.63, 3.8) is 0 Å². The predicted octanol–water partition coefficient (Wildman–Crippen LogP) is 5.25. The molecular formula is C24H17NO3S. The van der Waals surface area contributed by atoms with Crippen molar-refractivity contribution >= 4 is 34.9 Å². The second-order valence-electron chi connectivity index (χ2n) is 7.00. The van der Waals surface area contributed by atoms with E-state index in [-0.39, 0.29) is 22.9 Å². The number of esters is 1. The number of rotatable bonds is 2. The van der Waals surface area contributed by atoms with Crippen molar-refractivity contribution in [2.75, 3.05) is 7.11 Å².